The minimum absolute atomic E-state index is 0.0645. The normalized spacial score (nSPS) is 8.90. The van der Waals surface area contributed by atoms with Gasteiger partial charge >= 0.3 is 7.69 Å². The van der Waals surface area contributed by atoms with Crippen LogP contribution < -0.4 is 4.65 Å². The van der Waals surface area contributed by atoms with Gasteiger partial charge in [-0.1, -0.05) is 0 Å². The first-order valence-electron chi connectivity index (χ1n) is 2.71. The second-order valence-electron chi connectivity index (χ2n) is 1.63. The molecule has 1 aromatic heterocycles. The Morgan fingerprint density at radius 2 is 2.30 bits per heavy atom. The van der Waals surface area contributed by atoms with Crippen molar-refractivity contribution in [3.63, 3.8) is 0 Å². The summed E-state index contributed by atoms with van der Waals surface area (Å²) in [6.45, 7) is 0. The second kappa shape index (κ2) is 3.07. The first-order chi connectivity index (χ1) is 4.83. The molecule has 0 saturated heterocycles. The molecular formula is C5H6BNO3. The third-order valence-corrected chi connectivity index (χ3v) is 0.952. The van der Waals surface area contributed by atoms with E-state index in [-0.39, 0.29) is 13.6 Å². The molecule has 52 valence electrons. The lowest BCUT2D eigenvalue weighted by atomic mass is 10.4. The quantitative estimate of drug-likeness (QED) is 0.538. The first-order valence-corrected chi connectivity index (χ1v) is 2.71. The average Bonchev–Trinajstić information content (AvgIpc) is 1.95. The van der Waals surface area contributed by atoms with Gasteiger partial charge in [0.2, 0.25) is 5.88 Å². The molecule has 0 aliphatic heterocycles. The minimum Gasteiger partial charge on any atom is -0.538 e. The van der Waals surface area contributed by atoms with Crippen LogP contribution in [0.1, 0.15) is 0 Å². The molecule has 0 aliphatic carbocycles. The second-order valence-corrected chi connectivity index (χ2v) is 1.63. The van der Waals surface area contributed by atoms with E-state index in [2.05, 4.69) is 9.64 Å². The van der Waals surface area contributed by atoms with E-state index < -0.39 is 0 Å². The molecule has 10 heavy (non-hydrogen) atoms. The predicted octanol–water partition coefficient (Wildman–Crippen LogP) is -0.575. The zero-order valence-corrected chi connectivity index (χ0v) is 5.19. The Bertz CT molecular complexity index is 201. The maximum atomic E-state index is 8.70. The molecule has 0 atom stereocenters. The summed E-state index contributed by atoms with van der Waals surface area (Å²) in [5.41, 5.74) is 0. The molecule has 1 heterocycles. The lowest BCUT2D eigenvalue weighted by molar-refractivity contribution is 0.438. The Hall–Kier alpha value is -1.23. The Morgan fingerprint density at radius 1 is 1.50 bits per heavy atom. The van der Waals surface area contributed by atoms with Crippen LogP contribution >= 0.6 is 0 Å². The highest BCUT2D eigenvalue weighted by atomic mass is 16.5. The highest BCUT2D eigenvalue weighted by Gasteiger charge is 1.92. The highest BCUT2D eigenvalue weighted by Crippen LogP contribution is 2.10. The van der Waals surface area contributed by atoms with Crippen molar-refractivity contribution in [1.29, 1.82) is 0 Å². The van der Waals surface area contributed by atoms with Gasteiger partial charge in [-0.05, 0) is 6.07 Å². The maximum Gasteiger partial charge on any atom is 0.504 e. The highest BCUT2D eigenvalue weighted by molar-refractivity contribution is 6.17. The number of rotatable bonds is 2. The van der Waals surface area contributed by atoms with Crippen LogP contribution in [0, 0.1) is 0 Å². The Kier molecular flexibility index (Phi) is 2.12. The van der Waals surface area contributed by atoms with Crippen LogP contribution in [0.5, 0.6) is 11.6 Å². The van der Waals surface area contributed by atoms with E-state index in [4.69, 9.17) is 10.1 Å². The lowest BCUT2D eigenvalue weighted by Gasteiger charge is -1.98. The van der Waals surface area contributed by atoms with Crippen molar-refractivity contribution < 1.29 is 14.8 Å². The Labute approximate surface area is 58.4 Å². The van der Waals surface area contributed by atoms with Gasteiger partial charge < -0.3 is 14.8 Å². The van der Waals surface area contributed by atoms with Crippen LogP contribution in [0.3, 0.4) is 0 Å². The van der Waals surface area contributed by atoms with Gasteiger partial charge in [0.25, 0.3) is 0 Å². The van der Waals surface area contributed by atoms with Crippen LogP contribution in [-0.2, 0) is 0 Å². The maximum absolute atomic E-state index is 8.70. The molecule has 0 aromatic carbocycles. The lowest BCUT2D eigenvalue weighted by Crippen LogP contribution is -1.99. The number of aromatic hydroxyl groups is 1. The Morgan fingerprint density at radius 3 is 2.80 bits per heavy atom. The van der Waals surface area contributed by atoms with Crippen molar-refractivity contribution in [1.82, 2.24) is 4.98 Å². The molecule has 0 saturated carbocycles. The van der Waals surface area contributed by atoms with Gasteiger partial charge in [-0.25, -0.2) is 4.98 Å². The van der Waals surface area contributed by atoms with Crippen molar-refractivity contribution in [2.24, 2.45) is 0 Å². The standard InChI is InChI=1S/C5H6BNO3/c8-5-2-1-4(3-7-5)10-6-9/h1-3,6,9H,(H,7,8). The monoisotopic (exact) mass is 139 g/mol. The molecule has 0 aliphatic rings. The molecule has 0 spiro atoms. The van der Waals surface area contributed by atoms with Crippen LogP contribution in [-0.4, -0.2) is 22.8 Å². The number of aromatic nitrogens is 1. The number of nitrogens with zero attached hydrogens (tertiary/aromatic N) is 1. The molecule has 0 radical (unpaired) electrons. The fourth-order valence-corrected chi connectivity index (χ4v) is 0.532. The Balaban J connectivity index is 2.69. The average molecular weight is 139 g/mol. The van der Waals surface area contributed by atoms with E-state index in [1.54, 1.807) is 0 Å². The van der Waals surface area contributed by atoms with Crippen LogP contribution in [0.25, 0.3) is 0 Å². The van der Waals surface area contributed by atoms with Gasteiger partial charge in [-0.2, -0.15) is 0 Å². The molecular weight excluding hydrogens is 133 g/mol. The van der Waals surface area contributed by atoms with E-state index in [0.29, 0.717) is 5.75 Å². The summed E-state index contributed by atoms with van der Waals surface area (Å²) in [6, 6.07) is 2.89. The van der Waals surface area contributed by atoms with Crippen molar-refractivity contribution in [3.05, 3.63) is 18.3 Å². The summed E-state index contributed by atoms with van der Waals surface area (Å²) in [4.78, 5) is 3.52. The molecule has 0 amide bonds. The van der Waals surface area contributed by atoms with Gasteiger partial charge in [0.15, 0.2) is 0 Å². The molecule has 1 rings (SSSR count). The zero-order chi connectivity index (χ0) is 7.40. The SMILES string of the molecule is OBOc1ccc(O)nc1. The van der Waals surface area contributed by atoms with Crippen LogP contribution in [0.4, 0.5) is 0 Å². The molecule has 2 N–H and O–H groups in total. The third kappa shape index (κ3) is 1.63. The first kappa shape index (κ1) is 6.89. The van der Waals surface area contributed by atoms with E-state index in [1.165, 1.54) is 18.3 Å². The van der Waals surface area contributed by atoms with Crippen LogP contribution in [0.15, 0.2) is 18.3 Å². The van der Waals surface area contributed by atoms with Gasteiger partial charge in [-0.15, -0.1) is 0 Å². The third-order valence-electron chi connectivity index (χ3n) is 0.952. The van der Waals surface area contributed by atoms with E-state index >= 15 is 0 Å². The largest absolute Gasteiger partial charge is 0.538 e. The smallest absolute Gasteiger partial charge is 0.504 e. The summed E-state index contributed by atoms with van der Waals surface area (Å²) in [7, 11) is -0.382. The summed E-state index contributed by atoms with van der Waals surface area (Å²) in [5, 5.41) is 17.0. The van der Waals surface area contributed by atoms with Crippen LogP contribution in [0.2, 0.25) is 0 Å². The predicted molar refractivity (Wildman–Crippen MR) is 35.9 cm³/mol. The summed E-state index contributed by atoms with van der Waals surface area (Å²) >= 11 is 0. The van der Waals surface area contributed by atoms with Crippen molar-refractivity contribution >= 4 is 7.69 Å². The number of pyridine rings is 1. The van der Waals surface area contributed by atoms with Crippen molar-refractivity contribution in [2.75, 3.05) is 0 Å². The summed E-state index contributed by atoms with van der Waals surface area (Å²) < 4.78 is 4.64. The zero-order valence-electron chi connectivity index (χ0n) is 5.19. The van der Waals surface area contributed by atoms with Crippen molar-refractivity contribution in [2.45, 2.75) is 0 Å². The molecule has 0 bridgehead atoms. The van der Waals surface area contributed by atoms with Gasteiger partial charge in [0.1, 0.15) is 5.75 Å². The molecule has 1 aromatic rings. The fourth-order valence-electron chi connectivity index (χ4n) is 0.532. The van der Waals surface area contributed by atoms with E-state index in [9.17, 15) is 0 Å². The minimum atomic E-state index is -0.382. The van der Waals surface area contributed by atoms with Crippen molar-refractivity contribution in [3.8, 4) is 11.6 Å². The summed E-state index contributed by atoms with van der Waals surface area (Å²) in [5.74, 6) is 0.366. The number of hydrogen-bond acceptors (Lipinski definition) is 4. The summed E-state index contributed by atoms with van der Waals surface area (Å²) in [6.07, 6.45) is 1.32. The topological polar surface area (TPSA) is 62.6 Å². The molecule has 4 nitrogen and oxygen atoms in total. The molecule has 0 unspecified atom stereocenters. The van der Waals surface area contributed by atoms with E-state index in [0.717, 1.165) is 0 Å². The van der Waals surface area contributed by atoms with Gasteiger partial charge in [0, 0.05) is 6.07 Å². The fraction of sp³-hybridized carbons (Fsp3) is 0. The van der Waals surface area contributed by atoms with Gasteiger partial charge in [0.05, 0.1) is 6.20 Å². The molecule has 5 heteroatoms. The number of hydrogen-bond donors (Lipinski definition) is 2. The van der Waals surface area contributed by atoms with E-state index in [1.807, 2.05) is 0 Å². The van der Waals surface area contributed by atoms with Gasteiger partial charge in [-0.3, -0.25) is 0 Å². The molecule has 0 fully saturated rings.